The van der Waals surface area contributed by atoms with Crippen LogP contribution in [0.25, 0.3) is 0 Å². The van der Waals surface area contributed by atoms with Gasteiger partial charge in [-0.15, -0.1) is 11.3 Å². The molecule has 2 aliphatic rings. The van der Waals surface area contributed by atoms with Gasteiger partial charge in [-0.1, -0.05) is 0 Å². The zero-order valence-electron chi connectivity index (χ0n) is 11.4. The summed E-state index contributed by atoms with van der Waals surface area (Å²) in [6, 6.07) is 2.00. The summed E-state index contributed by atoms with van der Waals surface area (Å²) in [5.74, 6) is -0.930. The molecule has 1 amide bonds. The van der Waals surface area contributed by atoms with Crippen LogP contribution < -0.4 is 5.32 Å². The van der Waals surface area contributed by atoms with Crippen molar-refractivity contribution in [1.82, 2.24) is 5.32 Å². The predicted molar refractivity (Wildman–Crippen MR) is 77.3 cm³/mol. The number of carbonyl (C=O) groups is 2. The van der Waals surface area contributed by atoms with Gasteiger partial charge in [-0.05, 0) is 56.6 Å². The quantitative estimate of drug-likeness (QED) is 0.897. The summed E-state index contributed by atoms with van der Waals surface area (Å²) in [6.45, 7) is 0. The highest BCUT2D eigenvalue weighted by Crippen LogP contribution is 2.36. The van der Waals surface area contributed by atoms with E-state index in [2.05, 4.69) is 5.32 Å². The maximum Gasteiger partial charge on any atom is 0.305 e. The van der Waals surface area contributed by atoms with Crippen LogP contribution in [0, 0.1) is 0 Å². The van der Waals surface area contributed by atoms with Gasteiger partial charge in [0.05, 0.1) is 16.8 Å². The van der Waals surface area contributed by atoms with Crippen molar-refractivity contribution in [3.8, 4) is 0 Å². The Morgan fingerprint density at radius 3 is 2.60 bits per heavy atom. The number of thiophene rings is 1. The van der Waals surface area contributed by atoms with Gasteiger partial charge in [0, 0.05) is 4.88 Å². The number of carboxylic acids is 1. The van der Waals surface area contributed by atoms with Crippen molar-refractivity contribution in [2.75, 3.05) is 0 Å². The van der Waals surface area contributed by atoms with Crippen LogP contribution in [0.4, 0.5) is 0 Å². The first-order valence-electron chi connectivity index (χ1n) is 7.24. The van der Waals surface area contributed by atoms with Gasteiger partial charge in [0.1, 0.15) is 0 Å². The van der Waals surface area contributed by atoms with E-state index in [4.69, 9.17) is 5.11 Å². The lowest BCUT2D eigenvalue weighted by molar-refractivity contribution is -0.139. The molecule has 1 aromatic heterocycles. The van der Waals surface area contributed by atoms with Crippen molar-refractivity contribution in [3.05, 3.63) is 21.4 Å². The van der Waals surface area contributed by atoms with E-state index >= 15 is 0 Å². The number of hydrogen-bond donors (Lipinski definition) is 2. The van der Waals surface area contributed by atoms with Gasteiger partial charge in [-0.2, -0.15) is 0 Å². The summed E-state index contributed by atoms with van der Waals surface area (Å²) in [5.41, 5.74) is 0.806. The molecule has 0 aliphatic heterocycles. The first-order valence-corrected chi connectivity index (χ1v) is 8.06. The second kappa shape index (κ2) is 5.20. The molecule has 2 aliphatic carbocycles. The molecule has 1 fully saturated rings. The monoisotopic (exact) mass is 293 g/mol. The average Bonchev–Trinajstić information content (AvgIpc) is 2.79. The molecule has 2 N–H and O–H groups in total. The number of fused-ring (bicyclic) bond motifs is 1. The highest BCUT2D eigenvalue weighted by atomic mass is 32.1. The Bertz CT molecular complexity index is 522. The average molecular weight is 293 g/mol. The van der Waals surface area contributed by atoms with Crippen molar-refractivity contribution in [3.63, 3.8) is 0 Å². The number of carboxylic acid groups (broad SMARTS) is 1. The standard InChI is InChI=1S/C15H19NO3S/c17-13(18)9-15(6-3-7-15)16-14(19)12-8-10-4-1-2-5-11(10)20-12/h8H,1-7,9H2,(H,16,19)(H,17,18). The van der Waals surface area contributed by atoms with Gasteiger partial charge in [-0.3, -0.25) is 9.59 Å². The highest BCUT2D eigenvalue weighted by Gasteiger charge is 2.40. The first-order chi connectivity index (χ1) is 9.58. The predicted octanol–water partition coefficient (Wildman–Crippen LogP) is 2.75. The SMILES string of the molecule is O=C(O)CC1(NC(=O)c2cc3c(s2)CCCC3)CCC1. The second-order valence-corrected chi connectivity index (χ2v) is 7.06. The van der Waals surface area contributed by atoms with Crippen molar-refractivity contribution < 1.29 is 14.7 Å². The summed E-state index contributed by atoms with van der Waals surface area (Å²) in [6.07, 6.45) is 7.13. The topological polar surface area (TPSA) is 66.4 Å². The number of nitrogens with one attached hydrogen (secondary N) is 1. The Morgan fingerprint density at radius 1 is 1.25 bits per heavy atom. The Labute approximate surface area is 122 Å². The van der Waals surface area contributed by atoms with Crippen LogP contribution in [-0.4, -0.2) is 22.5 Å². The van der Waals surface area contributed by atoms with E-state index in [-0.39, 0.29) is 12.3 Å². The molecule has 1 aromatic rings. The van der Waals surface area contributed by atoms with Gasteiger partial charge >= 0.3 is 5.97 Å². The normalized spacial score (nSPS) is 19.8. The zero-order valence-corrected chi connectivity index (χ0v) is 12.2. The molecule has 0 unspecified atom stereocenters. The van der Waals surface area contributed by atoms with Crippen LogP contribution in [0.2, 0.25) is 0 Å². The summed E-state index contributed by atoms with van der Waals surface area (Å²) >= 11 is 1.58. The molecule has 0 atom stereocenters. The van der Waals surface area contributed by atoms with Gasteiger partial charge in [-0.25, -0.2) is 0 Å². The molecule has 0 aromatic carbocycles. The van der Waals surface area contributed by atoms with Crippen molar-refractivity contribution in [1.29, 1.82) is 0 Å². The van der Waals surface area contributed by atoms with Gasteiger partial charge in [0.25, 0.3) is 5.91 Å². The van der Waals surface area contributed by atoms with Crippen molar-refractivity contribution in [2.24, 2.45) is 0 Å². The lowest BCUT2D eigenvalue weighted by atomic mass is 9.74. The smallest absolute Gasteiger partial charge is 0.305 e. The Hall–Kier alpha value is -1.36. The summed E-state index contributed by atoms with van der Waals surface area (Å²) in [4.78, 5) is 25.4. The summed E-state index contributed by atoms with van der Waals surface area (Å²) < 4.78 is 0. The minimum Gasteiger partial charge on any atom is -0.481 e. The second-order valence-electron chi connectivity index (χ2n) is 5.92. The van der Waals surface area contributed by atoms with Gasteiger partial charge < -0.3 is 10.4 Å². The van der Waals surface area contributed by atoms with Crippen LogP contribution in [-0.2, 0) is 17.6 Å². The highest BCUT2D eigenvalue weighted by molar-refractivity contribution is 7.14. The Balaban J connectivity index is 1.72. The summed E-state index contributed by atoms with van der Waals surface area (Å²) in [5, 5.41) is 12.0. The number of rotatable bonds is 4. The molecule has 0 bridgehead atoms. The lowest BCUT2D eigenvalue weighted by Crippen LogP contribution is -2.54. The zero-order chi connectivity index (χ0) is 14.2. The molecule has 5 heteroatoms. The van der Waals surface area contributed by atoms with Crippen LogP contribution in [0.5, 0.6) is 0 Å². The Morgan fingerprint density at radius 2 is 2.00 bits per heavy atom. The maximum atomic E-state index is 12.4. The third-order valence-corrected chi connectivity index (χ3v) is 5.64. The number of amides is 1. The first kappa shape index (κ1) is 13.6. The minimum atomic E-state index is -0.838. The van der Waals surface area contributed by atoms with Gasteiger partial charge in [0.2, 0.25) is 0 Å². The largest absolute Gasteiger partial charge is 0.481 e. The maximum absolute atomic E-state index is 12.4. The minimum absolute atomic E-state index is 0.0316. The van der Waals surface area contributed by atoms with E-state index in [1.807, 2.05) is 6.07 Å². The lowest BCUT2D eigenvalue weighted by Gasteiger charge is -2.41. The molecule has 1 saturated carbocycles. The fraction of sp³-hybridized carbons (Fsp3) is 0.600. The summed E-state index contributed by atoms with van der Waals surface area (Å²) in [7, 11) is 0. The number of aliphatic carboxylic acids is 1. The van der Waals surface area contributed by atoms with E-state index in [0.717, 1.165) is 37.0 Å². The molecule has 1 heterocycles. The molecule has 0 spiro atoms. The van der Waals surface area contributed by atoms with E-state index in [1.165, 1.54) is 23.3 Å². The molecular formula is C15H19NO3S. The van der Waals surface area contributed by atoms with Crippen LogP contribution in [0.3, 0.4) is 0 Å². The molecule has 0 saturated heterocycles. The van der Waals surface area contributed by atoms with E-state index in [9.17, 15) is 9.59 Å². The number of carbonyl (C=O) groups excluding carboxylic acids is 1. The van der Waals surface area contributed by atoms with Crippen molar-refractivity contribution in [2.45, 2.75) is 56.9 Å². The molecule has 4 nitrogen and oxygen atoms in total. The molecule has 3 rings (SSSR count). The molecular weight excluding hydrogens is 274 g/mol. The fourth-order valence-corrected chi connectivity index (χ4v) is 4.29. The van der Waals surface area contributed by atoms with Crippen LogP contribution in [0.15, 0.2) is 6.07 Å². The molecule has 0 radical (unpaired) electrons. The molecule has 20 heavy (non-hydrogen) atoms. The van der Waals surface area contributed by atoms with Gasteiger partial charge in [0.15, 0.2) is 0 Å². The third kappa shape index (κ3) is 2.59. The molecule has 108 valence electrons. The Kier molecular flexibility index (Phi) is 3.54. The number of aryl methyl sites for hydroxylation is 2. The van der Waals surface area contributed by atoms with Crippen LogP contribution >= 0.6 is 11.3 Å². The number of hydrogen-bond acceptors (Lipinski definition) is 3. The van der Waals surface area contributed by atoms with Crippen LogP contribution in [0.1, 0.15) is 58.6 Å². The van der Waals surface area contributed by atoms with Crippen molar-refractivity contribution >= 4 is 23.2 Å². The van der Waals surface area contributed by atoms with E-state index < -0.39 is 11.5 Å². The van der Waals surface area contributed by atoms with E-state index in [0.29, 0.717) is 0 Å². The van der Waals surface area contributed by atoms with E-state index in [1.54, 1.807) is 11.3 Å². The fourth-order valence-electron chi connectivity index (χ4n) is 3.14. The third-order valence-electron chi connectivity index (χ3n) is 4.40.